The average Bonchev–Trinajstić information content (AvgIpc) is 3.43. The minimum Gasteiger partial charge on any atom is -0.486 e. The van der Waals surface area contributed by atoms with Gasteiger partial charge in [-0.3, -0.25) is 0 Å². The molecule has 0 bridgehead atoms. The molecule has 1 aliphatic heterocycles. The van der Waals surface area contributed by atoms with Crippen LogP contribution in [-0.2, 0) is 22.9 Å². The van der Waals surface area contributed by atoms with Crippen molar-refractivity contribution in [3.8, 4) is 11.5 Å². The van der Waals surface area contributed by atoms with E-state index in [1.807, 2.05) is 23.6 Å². The molecule has 0 amide bonds. The molecule has 0 fully saturated rings. The quantitative estimate of drug-likeness (QED) is 0.667. The van der Waals surface area contributed by atoms with Gasteiger partial charge in [0.25, 0.3) is 0 Å². The molecule has 3 aromatic rings. The Morgan fingerprint density at radius 3 is 2.59 bits per heavy atom. The van der Waals surface area contributed by atoms with Gasteiger partial charge in [0.05, 0.1) is 10.9 Å². The van der Waals surface area contributed by atoms with Crippen molar-refractivity contribution in [2.24, 2.45) is 0 Å². The van der Waals surface area contributed by atoms with E-state index in [2.05, 4.69) is 16.9 Å². The molecule has 150 valence electrons. The zero-order chi connectivity index (χ0) is 19.8. The number of rotatable bonds is 5. The Hall–Kier alpha value is -2.35. The summed E-state index contributed by atoms with van der Waals surface area (Å²) >= 11 is 1.55. The van der Waals surface area contributed by atoms with Crippen molar-refractivity contribution in [1.29, 1.82) is 0 Å². The Bertz CT molecular complexity index is 1140. The van der Waals surface area contributed by atoms with Crippen LogP contribution >= 0.6 is 11.3 Å². The number of hydrogen-bond donors (Lipinski definition) is 1. The molecule has 1 aliphatic carbocycles. The van der Waals surface area contributed by atoms with Crippen molar-refractivity contribution in [2.75, 3.05) is 13.2 Å². The molecule has 1 N–H and O–H groups in total. The predicted octanol–water partition coefficient (Wildman–Crippen LogP) is 4.08. The van der Waals surface area contributed by atoms with E-state index < -0.39 is 16.1 Å². The summed E-state index contributed by atoms with van der Waals surface area (Å²) in [6.45, 7) is 0.882. The van der Waals surface area contributed by atoms with Crippen LogP contribution in [0.1, 0.15) is 34.0 Å². The SMILES string of the molecule is O=S(=O)(N[C@H](c1ccc2c(c1)CCC2)c1cccs1)c1ccc2c(c1)OCCO2. The molecule has 7 heteroatoms. The third-order valence-electron chi connectivity index (χ3n) is 5.38. The molecule has 5 nitrogen and oxygen atoms in total. The smallest absolute Gasteiger partial charge is 0.241 e. The third-order valence-corrected chi connectivity index (χ3v) is 7.74. The monoisotopic (exact) mass is 427 g/mol. The molecule has 2 aromatic carbocycles. The van der Waals surface area contributed by atoms with E-state index >= 15 is 0 Å². The van der Waals surface area contributed by atoms with Crippen molar-refractivity contribution in [3.63, 3.8) is 0 Å². The molecular formula is C22H21NO4S2. The Kier molecular flexibility index (Phi) is 4.81. The van der Waals surface area contributed by atoms with Gasteiger partial charge in [-0.05, 0) is 59.5 Å². The van der Waals surface area contributed by atoms with Crippen molar-refractivity contribution in [3.05, 3.63) is 75.5 Å². The molecular weight excluding hydrogens is 406 g/mol. The standard InChI is InChI=1S/C22H21NO4S2/c24-29(25,18-8-9-19-20(14-18)27-11-10-26-19)23-22(21-5-2-12-28-21)17-7-6-15-3-1-4-16(15)13-17/h2,5-9,12-14,22-23H,1,3-4,10-11H2/t22-/m1/s1. The number of ether oxygens (including phenoxy) is 2. The second-order valence-electron chi connectivity index (χ2n) is 7.26. The van der Waals surface area contributed by atoms with Crippen LogP contribution in [-0.4, -0.2) is 21.6 Å². The van der Waals surface area contributed by atoms with Gasteiger partial charge in [0, 0.05) is 10.9 Å². The van der Waals surface area contributed by atoms with Gasteiger partial charge < -0.3 is 9.47 Å². The molecule has 0 radical (unpaired) electrons. The van der Waals surface area contributed by atoms with Gasteiger partial charge in [0.15, 0.2) is 11.5 Å². The number of fused-ring (bicyclic) bond motifs is 2. The van der Waals surface area contributed by atoms with Crippen LogP contribution in [0.25, 0.3) is 0 Å². The maximum atomic E-state index is 13.2. The molecule has 29 heavy (non-hydrogen) atoms. The fraction of sp³-hybridized carbons (Fsp3) is 0.273. The first-order valence-electron chi connectivity index (χ1n) is 9.67. The highest BCUT2D eigenvalue weighted by Crippen LogP contribution is 2.34. The molecule has 0 unspecified atom stereocenters. The van der Waals surface area contributed by atoms with Gasteiger partial charge >= 0.3 is 0 Å². The van der Waals surface area contributed by atoms with E-state index in [9.17, 15) is 8.42 Å². The summed E-state index contributed by atoms with van der Waals surface area (Å²) in [7, 11) is -3.76. The van der Waals surface area contributed by atoms with Gasteiger partial charge in [0.2, 0.25) is 10.0 Å². The Labute approximate surface area is 174 Å². The molecule has 5 rings (SSSR count). The van der Waals surface area contributed by atoms with Gasteiger partial charge in [-0.2, -0.15) is 4.72 Å². The summed E-state index contributed by atoms with van der Waals surface area (Å²) in [5, 5.41) is 1.97. The van der Waals surface area contributed by atoms with Gasteiger partial charge in [-0.25, -0.2) is 8.42 Å². The molecule has 0 saturated carbocycles. The van der Waals surface area contributed by atoms with E-state index in [0.29, 0.717) is 24.7 Å². The van der Waals surface area contributed by atoms with Gasteiger partial charge in [-0.15, -0.1) is 11.3 Å². The third kappa shape index (κ3) is 3.66. The van der Waals surface area contributed by atoms with Crippen LogP contribution in [0.3, 0.4) is 0 Å². The van der Waals surface area contributed by atoms with E-state index in [0.717, 1.165) is 29.7 Å². The normalized spacial score (nSPS) is 16.4. The summed E-state index contributed by atoms with van der Waals surface area (Å²) in [5.74, 6) is 1.04. The summed E-state index contributed by atoms with van der Waals surface area (Å²) in [5.41, 5.74) is 3.66. The number of thiophene rings is 1. The Morgan fingerprint density at radius 1 is 0.931 bits per heavy atom. The van der Waals surface area contributed by atoms with E-state index in [1.165, 1.54) is 17.2 Å². The number of sulfonamides is 1. The summed E-state index contributed by atoms with van der Waals surface area (Å²) in [4.78, 5) is 1.13. The first-order chi connectivity index (χ1) is 14.1. The first-order valence-corrected chi connectivity index (χ1v) is 12.0. The largest absolute Gasteiger partial charge is 0.486 e. The lowest BCUT2D eigenvalue weighted by molar-refractivity contribution is 0.171. The highest BCUT2D eigenvalue weighted by molar-refractivity contribution is 7.89. The van der Waals surface area contributed by atoms with Gasteiger partial charge in [-0.1, -0.05) is 24.3 Å². The van der Waals surface area contributed by atoms with Crippen LogP contribution in [0.15, 0.2) is 58.8 Å². The molecule has 0 spiro atoms. The lowest BCUT2D eigenvalue weighted by Gasteiger charge is -2.21. The Morgan fingerprint density at radius 2 is 1.76 bits per heavy atom. The number of aryl methyl sites for hydroxylation is 2. The molecule has 1 atom stereocenters. The van der Waals surface area contributed by atoms with Crippen molar-refractivity contribution in [1.82, 2.24) is 4.72 Å². The second-order valence-corrected chi connectivity index (χ2v) is 9.95. The van der Waals surface area contributed by atoms with Crippen molar-refractivity contribution >= 4 is 21.4 Å². The first kappa shape index (κ1) is 18.7. The number of hydrogen-bond acceptors (Lipinski definition) is 5. The minimum absolute atomic E-state index is 0.171. The fourth-order valence-corrected chi connectivity index (χ4v) is 6.03. The van der Waals surface area contributed by atoms with E-state index in [4.69, 9.17) is 9.47 Å². The van der Waals surface area contributed by atoms with Crippen LogP contribution in [0.4, 0.5) is 0 Å². The van der Waals surface area contributed by atoms with Crippen molar-refractivity contribution in [2.45, 2.75) is 30.2 Å². The molecule has 2 heterocycles. The average molecular weight is 428 g/mol. The molecule has 0 saturated heterocycles. The number of benzene rings is 2. The zero-order valence-corrected chi connectivity index (χ0v) is 17.4. The van der Waals surface area contributed by atoms with Crippen molar-refractivity contribution < 1.29 is 17.9 Å². The minimum atomic E-state index is -3.76. The number of nitrogens with one attached hydrogen (secondary N) is 1. The summed E-state index contributed by atoms with van der Waals surface area (Å²) in [6.07, 6.45) is 3.31. The highest BCUT2D eigenvalue weighted by atomic mass is 32.2. The van der Waals surface area contributed by atoms with Crippen LogP contribution in [0.2, 0.25) is 0 Å². The zero-order valence-electron chi connectivity index (χ0n) is 15.8. The van der Waals surface area contributed by atoms with E-state index in [1.54, 1.807) is 23.5 Å². The topological polar surface area (TPSA) is 64.6 Å². The second kappa shape index (κ2) is 7.48. The Balaban J connectivity index is 1.50. The molecule has 2 aliphatic rings. The molecule has 1 aromatic heterocycles. The highest BCUT2D eigenvalue weighted by Gasteiger charge is 2.26. The van der Waals surface area contributed by atoms with Crippen LogP contribution in [0.5, 0.6) is 11.5 Å². The van der Waals surface area contributed by atoms with Gasteiger partial charge in [0.1, 0.15) is 13.2 Å². The van der Waals surface area contributed by atoms with Crippen LogP contribution < -0.4 is 14.2 Å². The lowest BCUT2D eigenvalue weighted by Crippen LogP contribution is -2.29. The summed E-state index contributed by atoms with van der Waals surface area (Å²) < 4.78 is 40.4. The van der Waals surface area contributed by atoms with Crippen LogP contribution in [0, 0.1) is 0 Å². The van der Waals surface area contributed by atoms with E-state index in [-0.39, 0.29) is 4.90 Å². The fourth-order valence-electron chi connectivity index (χ4n) is 3.93. The maximum absolute atomic E-state index is 13.2. The lowest BCUT2D eigenvalue weighted by atomic mass is 10.0. The maximum Gasteiger partial charge on any atom is 0.241 e. The predicted molar refractivity (Wildman–Crippen MR) is 112 cm³/mol. The summed E-state index contributed by atoms with van der Waals surface area (Å²) in [6, 6.07) is 14.6.